The average Bonchev–Trinajstić information content (AvgIpc) is 3.39. The van der Waals surface area contributed by atoms with Crippen molar-refractivity contribution in [1.29, 1.82) is 0 Å². The minimum atomic E-state index is -0.490. The van der Waals surface area contributed by atoms with Gasteiger partial charge >= 0.3 is 5.91 Å². The number of aryl methyl sites for hydroxylation is 1. The number of aromatic nitrogens is 2. The molecule has 0 aliphatic carbocycles. The molecule has 0 saturated carbocycles. The van der Waals surface area contributed by atoms with E-state index in [0.717, 1.165) is 11.4 Å². The molecule has 3 aromatic rings. The topological polar surface area (TPSA) is 90.9 Å². The van der Waals surface area contributed by atoms with Crippen LogP contribution < -0.4 is 14.9 Å². The van der Waals surface area contributed by atoms with E-state index in [9.17, 15) is 4.79 Å². The Hall–Kier alpha value is -2.97. The number of carbonyl (C=O) groups excluding carboxylic acids is 1. The number of rotatable bonds is 5. The van der Waals surface area contributed by atoms with Crippen molar-refractivity contribution in [1.82, 2.24) is 15.2 Å². The van der Waals surface area contributed by atoms with E-state index in [1.54, 1.807) is 28.9 Å². The average molecular weight is 435 g/mol. The third-order valence-electron chi connectivity index (χ3n) is 4.35. The molecule has 1 amide bonds. The molecular weight excluding hydrogens is 419 g/mol. The highest BCUT2D eigenvalue weighted by atomic mass is 35.5. The van der Waals surface area contributed by atoms with Crippen LogP contribution >= 0.6 is 23.2 Å². The lowest BCUT2D eigenvalue weighted by atomic mass is 10.2. The molecule has 0 unspecified atom stereocenters. The zero-order chi connectivity index (χ0) is 20.5. The maximum Gasteiger partial charge on any atom is 0.307 e. The third kappa shape index (κ3) is 3.94. The van der Waals surface area contributed by atoms with E-state index in [1.165, 1.54) is 6.21 Å². The van der Waals surface area contributed by atoms with Crippen LogP contribution in [0.25, 0.3) is 0 Å². The molecule has 10 heteroatoms. The quantitative estimate of drug-likeness (QED) is 0.484. The van der Waals surface area contributed by atoms with Crippen LogP contribution in [0.2, 0.25) is 10.0 Å². The molecule has 1 aliphatic rings. The maximum absolute atomic E-state index is 12.3. The zero-order valence-corrected chi connectivity index (χ0v) is 17.0. The van der Waals surface area contributed by atoms with Crippen LogP contribution in [0, 0.1) is 13.8 Å². The lowest BCUT2D eigenvalue weighted by Crippen LogP contribution is -2.16. The van der Waals surface area contributed by atoms with E-state index in [-0.39, 0.29) is 12.6 Å². The zero-order valence-electron chi connectivity index (χ0n) is 15.5. The highest BCUT2D eigenvalue weighted by Gasteiger charge is 2.16. The number of halogens is 2. The van der Waals surface area contributed by atoms with Crippen LogP contribution in [0.15, 0.2) is 33.8 Å². The Balaban J connectivity index is 1.41. The van der Waals surface area contributed by atoms with Crippen LogP contribution in [-0.2, 0) is 6.54 Å². The second-order valence-corrected chi connectivity index (χ2v) is 7.12. The molecule has 1 aliphatic heterocycles. The SMILES string of the molecule is Cc1nn(Cc2ccc(C(=O)N/N=C\c3cc4c(cc3Cl)OCO4)o2)c(C)c1Cl. The van der Waals surface area contributed by atoms with Crippen molar-refractivity contribution in [3.8, 4) is 11.5 Å². The van der Waals surface area contributed by atoms with Gasteiger partial charge in [0.15, 0.2) is 17.3 Å². The predicted octanol–water partition coefficient (Wildman–Crippen LogP) is 3.94. The number of ether oxygens (including phenoxy) is 2. The summed E-state index contributed by atoms with van der Waals surface area (Å²) in [4.78, 5) is 12.3. The van der Waals surface area contributed by atoms with E-state index in [1.807, 2.05) is 13.8 Å². The summed E-state index contributed by atoms with van der Waals surface area (Å²) < 4.78 is 17.9. The fourth-order valence-electron chi connectivity index (χ4n) is 2.81. The van der Waals surface area contributed by atoms with Gasteiger partial charge in [-0.2, -0.15) is 10.2 Å². The number of nitrogens with zero attached hydrogens (tertiary/aromatic N) is 3. The van der Waals surface area contributed by atoms with Gasteiger partial charge in [0, 0.05) is 11.6 Å². The van der Waals surface area contributed by atoms with E-state index in [2.05, 4.69) is 15.6 Å². The van der Waals surface area contributed by atoms with E-state index < -0.39 is 5.91 Å². The molecule has 0 bridgehead atoms. The van der Waals surface area contributed by atoms with Gasteiger partial charge in [0.1, 0.15) is 5.76 Å². The molecule has 0 spiro atoms. The van der Waals surface area contributed by atoms with Crippen molar-refractivity contribution in [2.75, 3.05) is 6.79 Å². The number of amides is 1. The van der Waals surface area contributed by atoms with Crippen molar-refractivity contribution in [2.24, 2.45) is 5.10 Å². The standard InChI is InChI=1S/C19H16Cl2N4O4/c1-10-18(21)11(2)25(24-10)8-13-3-4-15(29-13)19(26)23-22-7-12-5-16-17(6-14(12)20)28-9-27-16/h3-7H,8-9H2,1-2H3,(H,23,26)/b22-7-. The number of nitrogens with one attached hydrogen (secondary N) is 1. The van der Waals surface area contributed by atoms with Crippen LogP contribution in [0.3, 0.4) is 0 Å². The first kappa shape index (κ1) is 19.4. The second kappa shape index (κ2) is 7.81. The van der Waals surface area contributed by atoms with Crippen molar-refractivity contribution < 1.29 is 18.7 Å². The molecule has 29 heavy (non-hydrogen) atoms. The molecule has 2 aromatic heterocycles. The highest BCUT2D eigenvalue weighted by Crippen LogP contribution is 2.36. The van der Waals surface area contributed by atoms with Gasteiger partial charge in [0.05, 0.1) is 34.2 Å². The van der Waals surface area contributed by atoms with Crippen LogP contribution in [0.5, 0.6) is 11.5 Å². The first-order valence-electron chi connectivity index (χ1n) is 8.63. The Kier molecular flexibility index (Phi) is 5.21. The van der Waals surface area contributed by atoms with Crippen molar-refractivity contribution in [3.63, 3.8) is 0 Å². The Morgan fingerprint density at radius 2 is 2.03 bits per heavy atom. The monoisotopic (exact) mass is 434 g/mol. The highest BCUT2D eigenvalue weighted by molar-refractivity contribution is 6.33. The fraction of sp³-hybridized carbons (Fsp3) is 0.211. The number of benzene rings is 1. The Labute approximate surface area is 176 Å². The molecule has 0 fully saturated rings. The van der Waals surface area contributed by atoms with Crippen LogP contribution in [-0.4, -0.2) is 28.7 Å². The van der Waals surface area contributed by atoms with Gasteiger partial charge in [-0.15, -0.1) is 0 Å². The number of hydrazone groups is 1. The molecule has 8 nitrogen and oxygen atoms in total. The van der Waals surface area contributed by atoms with E-state index >= 15 is 0 Å². The first-order valence-corrected chi connectivity index (χ1v) is 9.38. The van der Waals surface area contributed by atoms with Gasteiger partial charge in [-0.3, -0.25) is 9.48 Å². The summed E-state index contributed by atoms with van der Waals surface area (Å²) >= 11 is 12.3. The first-order chi connectivity index (χ1) is 13.9. The molecule has 0 saturated heterocycles. The molecule has 0 radical (unpaired) electrons. The summed E-state index contributed by atoms with van der Waals surface area (Å²) in [5, 5.41) is 9.31. The fourth-order valence-corrected chi connectivity index (χ4v) is 3.15. The summed E-state index contributed by atoms with van der Waals surface area (Å²) in [6.45, 7) is 4.21. The Morgan fingerprint density at radius 3 is 2.76 bits per heavy atom. The number of furan rings is 1. The maximum atomic E-state index is 12.3. The van der Waals surface area contributed by atoms with Crippen molar-refractivity contribution in [2.45, 2.75) is 20.4 Å². The van der Waals surface area contributed by atoms with Gasteiger partial charge in [0.25, 0.3) is 0 Å². The van der Waals surface area contributed by atoms with Gasteiger partial charge in [-0.25, -0.2) is 5.43 Å². The number of hydrogen-bond acceptors (Lipinski definition) is 6. The van der Waals surface area contributed by atoms with E-state index in [4.69, 9.17) is 37.1 Å². The molecule has 4 rings (SSSR count). The molecular formula is C19H16Cl2N4O4. The molecule has 1 N–H and O–H groups in total. The summed E-state index contributed by atoms with van der Waals surface area (Å²) in [6, 6.07) is 6.60. The smallest absolute Gasteiger partial charge is 0.307 e. The van der Waals surface area contributed by atoms with Crippen LogP contribution in [0.4, 0.5) is 0 Å². The molecule has 0 atom stereocenters. The normalized spacial score (nSPS) is 12.7. The largest absolute Gasteiger partial charge is 0.454 e. The predicted molar refractivity (Wildman–Crippen MR) is 107 cm³/mol. The van der Waals surface area contributed by atoms with Gasteiger partial charge in [0.2, 0.25) is 6.79 Å². The van der Waals surface area contributed by atoms with Gasteiger partial charge in [-0.1, -0.05) is 23.2 Å². The third-order valence-corrected chi connectivity index (χ3v) is 5.22. The van der Waals surface area contributed by atoms with Crippen molar-refractivity contribution >= 4 is 35.3 Å². The minimum Gasteiger partial charge on any atom is -0.454 e. The van der Waals surface area contributed by atoms with Crippen molar-refractivity contribution in [3.05, 3.63) is 62.8 Å². The summed E-state index contributed by atoms with van der Waals surface area (Å²) in [6.07, 6.45) is 1.42. The number of carbonyl (C=O) groups is 1. The lowest BCUT2D eigenvalue weighted by molar-refractivity contribution is 0.0925. The Morgan fingerprint density at radius 1 is 1.28 bits per heavy atom. The number of fused-ring (bicyclic) bond motifs is 1. The summed E-state index contributed by atoms with van der Waals surface area (Å²) in [5.41, 5.74) is 4.56. The summed E-state index contributed by atoms with van der Waals surface area (Å²) in [7, 11) is 0. The lowest BCUT2D eigenvalue weighted by Gasteiger charge is -2.02. The van der Waals surface area contributed by atoms with Gasteiger partial charge < -0.3 is 13.9 Å². The minimum absolute atomic E-state index is 0.126. The molecule has 1 aromatic carbocycles. The van der Waals surface area contributed by atoms with E-state index in [0.29, 0.717) is 39.4 Å². The molecule has 3 heterocycles. The van der Waals surface area contributed by atoms with Gasteiger partial charge in [-0.05, 0) is 32.0 Å². The van der Waals surface area contributed by atoms with Crippen LogP contribution in [0.1, 0.15) is 33.3 Å². The summed E-state index contributed by atoms with van der Waals surface area (Å²) in [5.74, 6) is 1.35. The molecule has 150 valence electrons. The second-order valence-electron chi connectivity index (χ2n) is 6.33. The Bertz CT molecular complexity index is 1120. The number of hydrogen-bond donors (Lipinski definition) is 1.